The van der Waals surface area contributed by atoms with Crippen LogP contribution >= 0.6 is 11.6 Å². The number of hydrogen-bond donors (Lipinski definition) is 2. The van der Waals surface area contributed by atoms with E-state index < -0.39 is 0 Å². The number of carbonyl (C=O) groups excluding carboxylic acids is 2. The average molecular weight is 384 g/mol. The molecule has 1 aliphatic rings. The van der Waals surface area contributed by atoms with Crippen molar-refractivity contribution in [2.45, 2.75) is 6.92 Å². The maximum Gasteiger partial charge on any atom is 0.262 e. The van der Waals surface area contributed by atoms with Gasteiger partial charge in [-0.15, -0.1) is 0 Å². The maximum atomic E-state index is 12.9. The Morgan fingerprint density at radius 1 is 1.26 bits per heavy atom. The molecule has 0 atom stereocenters. The molecule has 0 aliphatic carbocycles. The highest BCUT2D eigenvalue weighted by Crippen LogP contribution is 2.33. The molecule has 0 radical (unpaired) electrons. The number of rotatable bonds is 3. The highest BCUT2D eigenvalue weighted by molar-refractivity contribution is 6.33. The van der Waals surface area contributed by atoms with Gasteiger partial charge in [-0.3, -0.25) is 9.59 Å². The van der Waals surface area contributed by atoms with Crippen molar-refractivity contribution in [2.24, 2.45) is 0 Å². The highest BCUT2D eigenvalue weighted by atomic mass is 35.5. The van der Waals surface area contributed by atoms with E-state index in [9.17, 15) is 9.59 Å². The van der Waals surface area contributed by atoms with Crippen LogP contribution in [0.3, 0.4) is 0 Å². The van der Waals surface area contributed by atoms with Gasteiger partial charge in [0, 0.05) is 17.3 Å². The van der Waals surface area contributed by atoms with Crippen molar-refractivity contribution in [3.8, 4) is 17.0 Å². The number of amides is 2. The lowest BCUT2D eigenvalue weighted by Gasteiger charge is -2.18. The molecule has 0 unspecified atom stereocenters. The van der Waals surface area contributed by atoms with Gasteiger partial charge in [0.05, 0.1) is 10.7 Å². The van der Waals surface area contributed by atoms with E-state index in [1.54, 1.807) is 43.3 Å². The third-order valence-electron chi connectivity index (χ3n) is 4.09. The Labute approximate surface area is 159 Å². The maximum absolute atomic E-state index is 12.9. The molecule has 2 aromatic carbocycles. The Balaban J connectivity index is 1.64. The van der Waals surface area contributed by atoms with Gasteiger partial charge >= 0.3 is 0 Å². The largest absolute Gasteiger partial charge is 0.482 e. The Morgan fingerprint density at radius 3 is 2.89 bits per heavy atom. The van der Waals surface area contributed by atoms with E-state index in [-0.39, 0.29) is 18.4 Å². The summed E-state index contributed by atoms with van der Waals surface area (Å²) in [6.07, 6.45) is 0. The van der Waals surface area contributed by atoms with E-state index in [0.717, 1.165) is 0 Å². The number of nitrogens with one attached hydrogen (secondary N) is 2. The molecule has 0 saturated heterocycles. The van der Waals surface area contributed by atoms with E-state index in [2.05, 4.69) is 15.8 Å². The first-order valence-corrected chi connectivity index (χ1v) is 8.50. The van der Waals surface area contributed by atoms with Crippen LogP contribution in [0.5, 0.6) is 5.75 Å². The summed E-state index contributed by atoms with van der Waals surface area (Å²) in [5, 5.41) is 9.96. The van der Waals surface area contributed by atoms with Crippen molar-refractivity contribution < 1.29 is 18.8 Å². The van der Waals surface area contributed by atoms with E-state index >= 15 is 0 Å². The summed E-state index contributed by atoms with van der Waals surface area (Å²) in [5.74, 6) is 0.261. The molecule has 0 spiro atoms. The molecular weight excluding hydrogens is 370 g/mol. The van der Waals surface area contributed by atoms with Crippen LogP contribution in [0.2, 0.25) is 5.02 Å². The van der Waals surface area contributed by atoms with Gasteiger partial charge in [-0.1, -0.05) is 35.0 Å². The van der Waals surface area contributed by atoms with E-state index in [1.165, 1.54) is 0 Å². The Hall–Kier alpha value is -3.32. The zero-order chi connectivity index (χ0) is 19.0. The second kappa shape index (κ2) is 6.77. The molecule has 1 aliphatic heterocycles. The number of halogens is 1. The lowest BCUT2D eigenvalue weighted by Crippen LogP contribution is -2.25. The summed E-state index contributed by atoms with van der Waals surface area (Å²) in [5.41, 5.74) is 2.35. The summed E-state index contributed by atoms with van der Waals surface area (Å²) >= 11 is 6.23. The van der Waals surface area contributed by atoms with Crippen LogP contribution in [-0.2, 0) is 4.79 Å². The summed E-state index contributed by atoms with van der Waals surface area (Å²) in [6, 6.07) is 12.1. The fourth-order valence-electron chi connectivity index (χ4n) is 2.82. The topological polar surface area (TPSA) is 93.5 Å². The van der Waals surface area contributed by atoms with Crippen LogP contribution in [0.1, 0.15) is 16.1 Å². The molecule has 136 valence electrons. The molecule has 4 rings (SSSR count). The van der Waals surface area contributed by atoms with Crippen LogP contribution < -0.4 is 15.4 Å². The van der Waals surface area contributed by atoms with Gasteiger partial charge in [0.25, 0.3) is 11.8 Å². The number of ether oxygens (including phenoxy) is 1. The zero-order valence-corrected chi connectivity index (χ0v) is 15.0. The van der Waals surface area contributed by atoms with Crippen molar-refractivity contribution in [1.82, 2.24) is 5.16 Å². The first-order valence-electron chi connectivity index (χ1n) is 8.12. The van der Waals surface area contributed by atoms with Gasteiger partial charge in [0.1, 0.15) is 22.8 Å². The number of benzene rings is 2. The smallest absolute Gasteiger partial charge is 0.262 e. The van der Waals surface area contributed by atoms with E-state index in [0.29, 0.717) is 44.7 Å². The van der Waals surface area contributed by atoms with Crippen LogP contribution in [0, 0.1) is 6.92 Å². The second-order valence-electron chi connectivity index (χ2n) is 5.94. The monoisotopic (exact) mass is 383 g/mol. The van der Waals surface area contributed by atoms with Gasteiger partial charge in [-0.2, -0.15) is 0 Å². The first kappa shape index (κ1) is 17.1. The van der Waals surface area contributed by atoms with Crippen molar-refractivity contribution in [2.75, 3.05) is 17.2 Å². The molecule has 8 heteroatoms. The lowest BCUT2D eigenvalue weighted by molar-refractivity contribution is -0.118. The number of hydrogen-bond acceptors (Lipinski definition) is 5. The third kappa shape index (κ3) is 3.24. The minimum atomic E-state index is -0.386. The van der Waals surface area contributed by atoms with Gasteiger partial charge < -0.3 is 19.9 Å². The molecular formula is C19H14ClN3O4. The van der Waals surface area contributed by atoms with E-state index in [4.69, 9.17) is 20.9 Å². The van der Waals surface area contributed by atoms with Crippen LogP contribution in [0.25, 0.3) is 11.3 Å². The normalized spacial score (nSPS) is 12.7. The predicted octanol–water partition coefficient (Wildman–Crippen LogP) is 3.89. The number of fused-ring (bicyclic) bond motifs is 1. The lowest BCUT2D eigenvalue weighted by atomic mass is 10.1. The number of aryl methyl sites for hydroxylation is 1. The van der Waals surface area contributed by atoms with Gasteiger partial charge in [-0.05, 0) is 25.1 Å². The predicted molar refractivity (Wildman–Crippen MR) is 100 cm³/mol. The minimum Gasteiger partial charge on any atom is -0.482 e. The molecule has 2 amide bonds. The quantitative estimate of drug-likeness (QED) is 0.715. The third-order valence-corrected chi connectivity index (χ3v) is 4.42. The van der Waals surface area contributed by atoms with Crippen molar-refractivity contribution in [3.05, 3.63) is 58.8 Å². The van der Waals surface area contributed by atoms with Gasteiger partial charge in [0.2, 0.25) is 0 Å². The van der Waals surface area contributed by atoms with Crippen molar-refractivity contribution in [1.29, 1.82) is 0 Å². The molecule has 1 aromatic heterocycles. The number of carbonyl (C=O) groups is 2. The molecule has 3 aromatic rings. The van der Waals surface area contributed by atoms with Crippen LogP contribution in [-0.4, -0.2) is 23.6 Å². The minimum absolute atomic E-state index is 0.0637. The van der Waals surface area contributed by atoms with Crippen molar-refractivity contribution in [3.63, 3.8) is 0 Å². The molecule has 0 saturated carbocycles. The summed E-state index contributed by atoms with van der Waals surface area (Å²) < 4.78 is 10.6. The van der Waals surface area contributed by atoms with E-state index in [1.807, 2.05) is 6.07 Å². The highest BCUT2D eigenvalue weighted by Gasteiger charge is 2.24. The van der Waals surface area contributed by atoms with Gasteiger partial charge in [0.15, 0.2) is 6.61 Å². The first-order chi connectivity index (χ1) is 13.0. The SMILES string of the molecule is Cc1onc(-c2ccccc2Cl)c1C(=O)Nc1ccc2c(c1)OCC(=O)N2. The fraction of sp³-hybridized carbons (Fsp3) is 0.105. The second-order valence-corrected chi connectivity index (χ2v) is 6.35. The molecule has 7 nitrogen and oxygen atoms in total. The molecule has 0 fully saturated rings. The number of anilines is 2. The Kier molecular flexibility index (Phi) is 4.29. The molecule has 27 heavy (non-hydrogen) atoms. The summed E-state index contributed by atoms with van der Waals surface area (Å²) in [7, 11) is 0. The zero-order valence-electron chi connectivity index (χ0n) is 14.2. The molecule has 0 bridgehead atoms. The molecule has 2 heterocycles. The molecule has 2 N–H and O–H groups in total. The standard InChI is InChI=1S/C19H14ClN3O4/c1-10-17(18(23-27-10)12-4-2-3-5-13(12)20)19(25)21-11-6-7-14-15(8-11)26-9-16(24)22-14/h2-8H,9H2,1H3,(H,21,25)(H,22,24). The summed E-state index contributed by atoms with van der Waals surface area (Å²) in [4.78, 5) is 24.2. The average Bonchev–Trinajstić information content (AvgIpc) is 3.03. The number of aromatic nitrogens is 1. The Bertz CT molecular complexity index is 1060. The van der Waals surface area contributed by atoms with Crippen molar-refractivity contribution >= 4 is 34.8 Å². The van der Waals surface area contributed by atoms with Crippen LogP contribution in [0.15, 0.2) is 47.0 Å². The number of nitrogens with zero attached hydrogens (tertiary/aromatic N) is 1. The van der Waals surface area contributed by atoms with Gasteiger partial charge in [-0.25, -0.2) is 0 Å². The summed E-state index contributed by atoms with van der Waals surface area (Å²) in [6.45, 7) is 1.60. The fourth-order valence-corrected chi connectivity index (χ4v) is 3.05. The Morgan fingerprint density at radius 2 is 2.07 bits per heavy atom. The van der Waals surface area contributed by atoms with Crippen LogP contribution in [0.4, 0.5) is 11.4 Å².